The molecule has 2 unspecified atom stereocenters. The average Bonchev–Trinajstić information content (AvgIpc) is 3.36. The molecule has 0 aromatic carbocycles. The second-order valence-corrected chi connectivity index (χ2v) is 21.4. The molecule has 3 N–H and O–H groups in total. The lowest BCUT2D eigenvalue weighted by Gasteiger charge is -2.20. The van der Waals surface area contributed by atoms with E-state index in [1.807, 2.05) is 6.08 Å². The van der Waals surface area contributed by atoms with Gasteiger partial charge in [0.05, 0.1) is 25.4 Å². The topological polar surface area (TPSA) is 95.9 Å². The van der Waals surface area contributed by atoms with Crippen LogP contribution in [-0.4, -0.2) is 47.4 Å². The molecular weight excluding hydrogens is 863 g/mol. The first-order valence-electron chi connectivity index (χ1n) is 31.3. The third-order valence-electron chi connectivity index (χ3n) is 14.4. The molecule has 0 aromatic heterocycles. The van der Waals surface area contributed by atoms with Gasteiger partial charge in [0.15, 0.2) is 0 Å². The van der Waals surface area contributed by atoms with Crippen LogP contribution in [0.15, 0.2) is 36.5 Å². The predicted molar refractivity (Wildman–Crippen MR) is 306 cm³/mol. The van der Waals surface area contributed by atoms with Gasteiger partial charge in [0.25, 0.3) is 0 Å². The summed E-state index contributed by atoms with van der Waals surface area (Å²) < 4.78 is 5.48. The Labute approximate surface area is 436 Å². The van der Waals surface area contributed by atoms with E-state index in [1.165, 1.54) is 244 Å². The summed E-state index contributed by atoms with van der Waals surface area (Å²) in [5, 5.41) is 23.2. The van der Waals surface area contributed by atoms with Crippen molar-refractivity contribution < 1.29 is 24.5 Å². The second-order valence-electron chi connectivity index (χ2n) is 21.4. The SMILES string of the molecule is CCCCC/C=C\C/C=C\CCCCCCCCCC(=O)OCCCCCCCCCCCCCCCCC(=O)NC(CO)C(O)/C=C/CCCCCCCCCCCCCCCCCCCCCC. The molecule has 0 aliphatic rings. The van der Waals surface area contributed by atoms with E-state index in [9.17, 15) is 19.8 Å². The Morgan fingerprint density at radius 2 is 0.714 bits per heavy atom. The van der Waals surface area contributed by atoms with Crippen LogP contribution in [-0.2, 0) is 14.3 Å². The number of unbranched alkanes of at least 4 members (excludes halogenated alkanes) is 43. The van der Waals surface area contributed by atoms with Gasteiger partial charge >= 0.3 is 5.97 Å². The van der Waals surface area contributed by atoms with Crippen molar-refractivity contribution in [1.29, 1.82) is 0 Å². The van der Waals surface area contributed by atoms with Crippen LogP contribution in [0.3, 0.4) is 0 Å². The minimum absolute atomic E-state index is 0.0107. The first-order chi connectivity index (χ1) is 34.5. The average molecular weight is 985 g/mol. The van der Waals surface area contributed by atoms with Gasteiger partial charge in [0, 0.05) is 12.8 Å². The zero-order chi connectivity index (χ0) is 50.7. The Morgan fingerprint density at radius 1 is 0.400 bits per heavy atom. The standard InChI is InChI=1S/C64H121NO5/c1-3-5-7-9-11-13-15-17-19-21-22-23-24-25-27-28-32-36-40-44-48-52-56-62(67)61(60-66)65-63(68)57-53-49-45-41-37-33-30-31-35-39-43-47-51-55-59-70-64(69)58-54-50-46-42-38-34-29-26-20-18-16-14-12-10-8-6-4-2/h12,14,18,20,52,56,61-62,66-67H,3-11,13,15-17,19,21-51,53-55,57-60H2,1-2H3,(H,65,68)/b14-12-,20-18-,56-52+. The third-order valence-corrected chi connectivity index (χ3v) is 14.4. The fraction of sp³-hybridized carbons (Fsp3) is 0.875. The molecule has 0 aromatic rings. The molecular formula is C64H121NO5. The van der Waals surface area contributed by atoms with Gasteiger partial charge in [-0.3, -0.25) is 9.59 Å². The molecule has 412 valence electrons. The van der Waals surface area contributed by atoms with Crippen molar-refractivity contribution in [2.75, 3.05) is 13.2 Å². The van der Waals surface area contributed by atoms with E-state index in [4.69, 9.17) is 4.74 Å². The van der Waals surface area contributed by atoms with Crippen LogP contribution in [0.2, 0.25) is 0 Å². The smallest absolute Gasteiger partial charge is 0.305 e. The normalized spacial score (nSPS) is 12.8. The van der Waals surface area contributed by atoms with Gasteiger partial charge in [-0.05, 0) is 64.2 Å². The van der Waals surface area contributed by atoms with Crippen molar-refractivity contribution in [1.82, 2.24) is 5.32 Å². The highest BCUT2D eigenvalue weighted by atomic mass is 16.5. The molecule has 0 bridgehead atoms. The monoisotopic (exact) mass is 984 g/mol. The largest absolute Gasteiger partial charge is 0.466 e. The van der Waals surface area contributed by atoms with Crippen LogP contribution in [0.4, 0.5) is 0 Å². The molecule has 0 saturated heterocycles. The van der Waals surface area contributed by atoms with Crippen molar-refractivity contribution in [3.8, 4) is 0 Å². The van der Waals surface area contributed by atoms with Crippen LogP contribution < -0.4 is 5.32 Å². The highest BCUT2D eigenvalue weighted by molar-refractivity contribution is 5.76. The second kappa shape index (κ2) is 59.6. The van der Waals surface area contributed by atoms with Gasteiger partial charge in [-0.25, -0.2) is 0 Å². The van der Waals surface area contributed by atoms with Crippen LogP contribution in [0.25, 0.3) is 0 Å². The van der Waals surface area contributed by atoms with Gasteiger partial charge < -0.3 is 20.3 Å². The lowest BCUT2D eigenvalue weighted by molar-refractivity contribution is -0.143. The molecule has 0 saturated carbocycles. The van der Waals surface area contributed by atoms with Crippen LogP contribution in [0.5, 0.6) is 0 Å². The number of esters is 1. The summed E-state index contributed by atoms with van der Waals surface area (Å²) in [4.78, 5) is 24.6. The molecule has 0 aliphatic carbocycles. The van der Waals surface area contributed by atoms with E-state index < -0.39 is 12.1 Å². The maximum atomic E-state index is 12.5. The van der Waals surface area contributed by atoms with Crippen LogP contribution in [0.1, 0.15) is 335 Å². The highest BCUT2D eigenvalue weighted by Gasteiger charge is 2.18. The summed E-state index contributed by atoms with van der Waals surface area (Å²) in [6, 6.07) is -0.638. The number of rotatable bonds is 58. The Kier molecular flexibility index (Phi) is 58.0. The predicted octanol–water partition coefficient (Wildman–Crippen LogP) is 19.6. The Morgan fingerprint density at radius 3 is 1.11 bits per heavy atom. The van der Waals surface area contributed by atoms with Crippen molar-refractivity contribution in [2.45, 2.75) is 347 Å². The molecule has 0 radical (unpaired) electrons. The number of aliphatic hydroxyl groups excluding tert-OH is 2. The molecule has 70 heavy (non-hydrogen) atoms. The van der Waals surface area contributed by atoms with E-state index in [2.05, 4.69) is 43.5 Å². The Bertz CT molecular complexity index is 1130. The maximum absolute atomic E-state index is 12.5. The van der Waals surface area contributed by atoms with Crippen LogP contribution >= 0.6 is 0 Å². The maximum Gasteiger partial charge on any atom is 0.305 e. The molecule has 6 nitrogen and oxygen atoms in total. The minimum Gasteiger partial charge on any atom is -0.466 e. The van der Waals surface area contributed by atoms with Crippen LogP contribution in [0, 0.1) is 0 Å². The number of hydrogen-bond donors (Lipinski definition) is 3. The lowest BCUT2D eigenvalue weighted by atomic mass is 10.0. The Balaban J connectivity index is 3.47. The van der Waals surface area contributed by atoms with Gasteiger partial charge in [0.1, 0.15) is 0 Å². The summed E-state index contributed by atoms with van der Waals surface area (Å²) in [5.74, 6) is -0.0868. The summed E-state index contributed by atoms with van der Waals surface area (Å²) in [6.45, 7) is 4.87. The molecule has 0 fully saturated rings. The first-order valence-corrected chi connectivity index (χ1v) is 31.3. The van der Waals surface area contributed by atoms with Gasteiger partial charge in [-0.15, -0.1) is 0 Å². The van der Waals surface area contributed by atoms with Gasteiger partial charge in [0.2, 0.25) is 5.91 Å². The van der Waals surface area contributed by atoms with Crippen molar-refractivity contribution in [2.24, 2.45) is 0 Å². The quantitative estimate of drug-likeness (QED) is 0.0321. The molecule has 2 atom stereocenters. The number of allylic oxidation sites excluding steroid dienone is 5. The lowest BCUT2D eigenvalue weighted by Crippen LogP contribution is -2.45. The number of carbonyl (C=O) groups excluding carboxylic acids is 2. The van der Waals surface area contributed by atoms with E-state index in [0.29, 0.717) is 19.4 Å². The number of amides is 1. The van der Waals surface area contributed by atoms with Crippen molar-refractivity contribution in [3.63, 3.8) is 0 Å². The molecule has 0 spiro atoms. The van der Waals surface area contributed by atoms with E-state index in [0.717, 1.165) is 64.2 Å². The summed E-state index contributed by atoms with van der Waals surface area (Å²) in [5.41, 5.74) is 0. The number of ether oxygens (including phenoxy) is 1. The summed E-state index contributed by atoms with van der Waals surface area (Å²) >= 11 is 0. The van der Waals surface area contributed by atoms with E-state index in [1.54, 1.807) is 6.08 Å². The number of aliphatic hydroxyl groups is 2. The number of nitrogens with one attached hydrogen (secondary N) is 1. The van der Waals surface area contributed by atoms with Crippen molar-refractivity contribution >= 4 is 11.9 Å². The number of hydrogen-bond acceptors (Lipinski definition) is 5. The third kappa shape index (κ3) is 55.4. The zero-order valence-electron chi connectivity index (χ0n) is 47.0. The first kappa shape index (κ1) is 68.1. The van der Waals surface area contributed by atoms with Gasteiger partial charge in [-0.1, -0.05) is 294 Å². The number of carbonyl (C=O) groups is 2. The van der Waals surface area contributed by atoms with Gasteiger partial charge in [-0.2, -0.15) is 0 Å². The molecule has 6 heteroatoms. The Hall–Kier alpha value is -1.92. The fourth-order valence-electron chi connectivity index (χ4n) is 9.61. The molecule has 0 heterocycles. The zero-order valence-corrected chi connectivity index (χ0v) is 47.0. The molecule has 0 rings (SSSR count). The minimum atomic E-state index is -0.853. The molecule has 0 aliphatic heterocycles. The molecule has 1 amide bonds. The van der Waals surface area contributed by atoms with E-state index in [-0.39, 0.29) is 18.5 Å². The highest BCUT2D eigenvalue weighted by Crippen LogP contribution is 2.17. The summed E-state index contributed by atoms with van der Waals surface area (Å²) in [6.07, 6.45) is 74.6. The van der Waals surface area contributed by atoms with Crippen molar-refractivity contribution in [3.05, 3.63) is 36.5 Å². The van der Waals surface area contributed by atoms with E-state index >= 15 is 0 Å². The fourth-order valence-corrected chi connectivity index (χ4v) is 9.61. The summed E-state index contributed by atoms with van der Waals surface area (Å²) in [7, 11) is 0.